The summed E-state index contributed by atoms with van der Waals surface area (Å²) in [6.07, 6.45) is 7.81. The Bertz CT molecular complexity index is 1360. The third-order valence-corrected chi connectivity index (χ3v) is 6.23. The monoisotopic (exact) mass is 476 g/mol. The number of anilines is 4. The smallest absolute Gasteiger partial charge is 0.229 e. The molecule has 0 saturated carbocycles. The Morgan fingerprint density at radius 3 is 2.71 bits per heavy atom. The summed E-state index contributed by atoms with van der Waals surface area (Å²) in [7, 11) is 1.90. The van der Waals surface area contributed by atoms with Crippen molar-refractivity contribution in [2.24, 2.45) is 4.36 Å². The van der Waals surface area contributed by atoms with Crippen molar-refractivity contribution < 1.29 is 4.21 Å². The number of nitrogens with one attached hydrogen (secondary N) is 2. The molecule has 2 aromatic heterocycles. The molecule has 10 heteroatoms. The first-order valence-electron chi connectivity index (χ1n) is 10.9. The second-order valence-corrected chi connectivity index (χ2v) is 11.4. The number of nitrogens with zero attached hydrogens (tertiary/aromatic N) is 6. The van der Waals surface area contributed by atoms with Crippen LogP contribution in [0.3, 0.4) is 0 Å². The molecule has 0 radical (unpaired) electrons. The zero-order valence-corrected chi connectivity index (χ0v) is 20.6. The van der Waals surface area contributed by atoms with E-state index in [0.29, 0.717) is 29.4 Å². The van der Waals surface area contributed by atoms with E-state index in [1.165, 1.54) is 17.3 Å². The molecule has 1 atom stereocenters. The molecule has 34 heavy (non-hydrogen) atoms. The Kier molecular flexibility index (Phi) is 6.77. The number of hydrogen-bond acceptors (Lipinski definition) is 9. The highest BCUT2D eigenvalue weighted by atomic mass is 32.2. The van der Waals surface area contributed by atoms with Crippen LogP contribution < -0.4 is 10.6 Å². The van der Waals surface area contributed by atoms with Crippen molar-refractivity contribution in [2.45, 2.75) is 25.3 Å². The second-order valence-electron chi connectivity index (χ2n) is 8.81. The summed E-state index contributed by atoms with van der Waals surface area (Å²) in [5, 5.41) is 15.8. The predicted octanol–water partition coefficient (Wildman–Crippen LogP) is 4.01. The van der Waals surface area contributed by atoms with Crippen molar-refractivity contribution in [3.63, 3.8) is 0 Å². The van der Waals surface area contributed by atoms with Crippen LogP contribution in [0.5, 0.6) is 0 Å². The molecular weight excluding hydrogens is 448 g/mol. The number of pyridine rings is 1. The third-order valence-electron chi connectivity index (χ3n) is 5.60. The van der Waals surface area contributed by atoms with E-state index >= 15 is 0 Å². The molecule has 1 aliphatic rings. The van der Waals surface area contributed by atoms with Crippen LogP contribution in [-0.4, -0.2) is 56.7 Å². The molecule has 2 heterocycles. The molecule has 0 spiro atoms. The number of likely N-dealkylation sites (N-methyl/N-ethyl adjacent to an activating group) is 1. The lowest BCUT2D eigenvalue weighted by atomic mass is 9.87. The van der Waals surface area contributed by atoms with Gasteiger partial charge in [0.2, 0.25) is 5.95 Å². The van der Waals surface area contributed by atoms with Gasteiger partial charge >= 0.3 is 0 Å². The first-order valence-corrected chi connectivity index (χ1v) is 13.3. The molecule has 0 aliphatic heterocycles. The maximum Gasteiger partial charge on any atom is 0.229 e. The van der Waals surface area contributed by atoms with Gasteiger partial charge in [0, 0.05) is 34.0 Å². The van der Waals surface area contributed by atoms with E-state index in [-0.39, 0.29) is 5.56 Å². The minimum absolute atomic E-state index is 0.281. The molecule has 1 aliphatic carbocycles. The second kappa shape index (κ2) is 9.75. The number of rotatable bonds is 6. The highest BCUT2D eigenvalue weighted by Gasteiger charge is 2.20. The average molecular weight is 477 g/mol. The van der Waals surface area contributed by atoms with Crippen LogP contribution in [0.2, 0.25) is 0 Å². The largest absolute Gasteiger partial charge is 0.324 e. The summed E-state index contributed by atoms with van der Waals surface area (Å²) in [5.41, 5.74) is 3.89. The summed E-state index contributed by atoms with van der Waals surface area (Å²) in [5.74, 6) is 1.47. The van der Waals surface area contributed by atoms with Crippen LogP contribution in [0.25, 0.3) is 0 Å². The Morgan fingerprint density at radius 2 is 1.97 bits per heavy atom. The molecule has 2 N–H and O–H groups in total. The van der Waals surface area contributed by atoms with E-state index in [9.17, 15) is 9.47 Å². The predicted molar refractivity (Wildman–Crippen MR) is 136 cm³/mol. The van der Waals surface area contributed by atoms with Crippen LogP contribution in [0, 0.1) is 11.3 Å². The summed E-state index contributed by atoms with van der Waals surface area (Å²) >= 11 is 0. The number of benzene rings is 1. The van der Waals surface area contributed by atoms with Gasteiger partial charge in [-0.15, -0.1) is 0 Å². The molecule has 0 saturated heterocycles. The van der Waals surface area contributed by atoms with Gasteiger partial charge in [0.05, 0.1) is 6.20 Å². The van der Waals surface area contributed by atoms with Crippen molar-refractivity contribution in [1.29, 1.82) is 5.26 Å². The van der Waals surface area contributed by atoms with Gasteiger partial charge in [0.15, 0.2) is 11.6 Å². The summed E-state index contributed by atoms with van der Waals surface area (Å²) in [4.78, 5) is 15.4. The van der Waals surface area contributed by atoms with E-state index in [0.717, 1.165) is 24.9 Å². The summed E-state index contributed by atoms with van der Waals surface area (Å²) in [6, 6.07) is 14.1. The average Bonchev–Trinajstić information content (AvgIpc) is 2.78. The molecule has 0 fully saturated rings. The standard InChI is InChI=1S/C24H28N8OS/c1-32(2)20-11-9-16-8-10-19(12-17(16)13-20)27-24-26-15-18(14-25)23(30-24)29-21-6-5-7-22(28-21)31-34(3,4)33/h5-8,10,12,15,20H,9,11,13H2,1-4H3,(H2,26,27,28,29,30). The molecule has 1 unspecified atom stereocenters. The maximum absolute atomic E-state index is 12.0. The van der Waals surface area contributed by atoms with Gasteiger partial charge in [-0.1, -0.05) is 12.1 Å². The van der Waals surface area contributed by atoms with Crippen LogP contribution in [0.15, 0.2) is 47.0 Å². The van der Waals surface area contributed by atoms with Crippen LogP contribution >= 0.6 is 0 Å². The molecule has 0 amide bonds. The topological polar surface area (TPSA) is 119 Å². The summed E-state index contributed by atoms with van der Waals surface area (Å²) < 4.78 is 16.1. The van der Waals surface area contributed by atoms with Crippen LogP contribution in [0.4, 0.5) is 29.1 Å². The zero-order valence-electron chi connectivity index (χ0n) is 19.7. The lowest BCUT2D eigenvalue weighted by molar-refractivity contribution is 0.268. The van der Waals surface area contributed by atoms with Gasteiger partial charge in [0.25, 0.3) is 0 Å². The lowest BCUT2D eigenvalue weighted by Gasteiger charge is -2.30. The van der Waals surface area contributed by atoms with E-state index in [2.05, 4.69) is 67.1 Å². The first kappa shape index (κ1) is 23.6. The van der Waals surface area contributed by atoms with E-state index in [4.69, 9.17) is 0 Å². The Labute approximate surface area is 200 Å². The van der Waals surface area contributed by atoms with Gasteiger partial charge < -0.3 is 15.5 Å². The van der Waals surface area contributed by atoms with Gasteiger partial charge in [0.1, 0.15) is 17.5 Å². The van der Waals surface area contributed by atoms with Crippen molar-refractivity contribution in [2.75, 3.05) is 37.2 Å². The van der Waals surface area contributed by atoms with Crippen LogP contribution in [0.1, 0.15) is 23.1 Å². The van der Waals surface area contributed by atoms with Gasteiger partial charge in [-0.25, -0.2) is 14.2 Å². The molecule has 0 bridgehead atoms. The fourth-order valence-corrected chi connectivity index (χ4v) is 4.45. The Morgan fingerprint density at radius 1 is 1.15 bits per heavy atom. The molecular formula is C24H28N8OS. The van der Waals surface area contributed by atoms with E-state index < -0.39 is 9.73 Å². The third kappa shape index (κ3) is 5.87. The number of hydrogen-bond donors (Lipinski definition) is 2. The molecule has 3 aromatic rings. The molecule has 176 valence electrons. The van der Waals surface area contributed by atoms with Crippen molar-refractivity contribution >= 4 is 38.8 Å². The van der Waals surface area contributed by atoms with Crippen molar-refractivity contribution in [3.8, 4) is 6.07 Å². The Hall–Kier alpha value is -3.55. The Balaban J connectivity index is 1.57. The number of nitriles is 1. The van der Waals surface area contributed by atoms with Gasteiger partial charge in [-0.2, -0.15) is 14.6 Å². The van der Waals surface area contributed by atoms with E-state index in [1.807, 2.05) is 6.07 Å². The van der Waals surface area contributed by atoms with Gasteiger partial charge in [-0.05, 0) is 68.8 Å². The fourth-order valence-electron chi connectivity index (χ4n) is 3.89. The minimum Gasteiger partial charge on any atom is -0.324 e. The van der Waals surface area contributed by atoms with E-state index in [1.54, 1.807) is 30.7 Å². The number of aryl methyl sites for hydroxylation is 1. The summed E-state index contributed by atoms with van der Waals surface area (Å²) in [6.45, 7) is 0. The first-order chi connectivity index (χ1) is 16.2. The highest BCUT2D eigenvalue weighted by molar-refractivity contribution is 7.92. The van der Waals surface area contributed by atoms with Crippen LogP contribution in [-0.2, 0) is 22.6 Å². The molecule has 1 aromatic carbocycles. The molecule has 4 rings (SSSR count). The quantitative estimate of drug-likeness (QED) is 0.548. The highest BCUT2D eigenvalue weighted by Crippen LogP contribution is 2.28. The molecule has 9 nitrogen and oxygen atoms in total. The zero-order chi connectivity index (χ0) is 24.3. The van der Waals surface area contributed by atoms with Gasteiger partial charge in [-0.3, -0.25) is 0 Å². The maximum atomic E-state index is 12.0. The SMILES string of the molecule is CN(C)C1CCc2ccc(Nc3ncc(C#N)c(Nc4cccc(N=S(C)(C)=O)n4)n3)cc2C1. The normalized spacial score (nSPS) is 15.4. The minimum atomic E-state index is -2.34. The fraction of sp³-hybridized carbons (Fsp3) is 0.333. The van der Waals surface area contributed by atoms with Crippen molar-refractivity contribution in [1.82, 2.24) is 19.9 Å². The van der Waals surface area contributed by atoms with Crippen molar-refractivity contribution in [3.05, 3.63) is 59.3 Å². The lowest BCUT2D eigenvalue weighted by Crippen LogP contribution is -2.33. The number of aromatic nitrogens is 3. The number of fused-ring (bicyclic) bond motifs is 1.